The third-order valence-corrected chi connectivity index (χ3v) is 3.77. The summed E-state index contributed by atoms with van der Waals surface area (Å²) in [6.45, 7) is 0.666. The number of alkyl halides is 3. The molecule has 0 aromatic heterocycles. The Balaban J connectivity index is 1.82. The number of hydrogen-bond acceptors (Lipinski definition) is 3. The lowest BCUT2D eigenvalue weighted by Crippen LogP contribution is -2.33. The summed E-state index contributed by atoms with van der Waals surface area (Å²) in [4.78, 5) is 1.43. The fourth-order valence-electron chi connectivity index (χ4n) is 2.45. The number of nitrogens with one attached hydrogen (secondary N) is 1. The van der Waals surface area contributed by atoms with Crippen molar-refractivity contribution in [3.8, 4) is 6.07 Å². The molecule has 1 aromatic rings. The molecule has 3 nitrogen and oxygen atoms in total. The van der Waals surface area contributed by atoms with Crippen molar-refractivity contribution >= 4 is 17.3 Å². The van der Waals surface area contributed by atoms with E-state index in [0.717, 1.165) is 12.1 Å². The van der Waals surface area contributed by atoms with Crippen LogP contribution in [0.4, 0.5) is 18.9 Å². The number of rotatable bonds is 4. The van der Waals surface area contributed by atoms with Gasteiger partial charge in [-0.15, -0.1) is 0 Å². The molecule has 0 bridgehead atoms. The first-order valence-electron chi connectivity index (χ1n) is 6.60. The lowest BCUT2D eigenvalue weighted by atomic mass is 10.1. The first kappa shape index (κ1) is 15.9. The molecule has 1 atom stereocenters. The van der Waals surface area contributed by atoms with E-state index in [0.29, 0.717) is 30.2 Å². The van der Waals surface area contributed by atoms with Crippen LogP contribution in [0, 0.1) is 17.2 Å². The quantitative estimate of drug-likeness (QED) is 0.923. The van der Waals surface area contributed by atoms with Crippen molar-refractivity contribution in [3.05, 3.63) is 28.8 Å². The van der Waals surface area contributed by atoms with Gasteiger partial charge >= 0.3 is 6.18 Å². The standard InChI is InChI=1S/C14H15ClF3N3/c15-13-5-12(2-1-11(13)6-19)20-7-10-3-4-21(8-10)9-14(16,17)18/h1-2,5,10,20H,3-4,7-9H2. The maximum atomic E-state index is 12.3. The van der Waals surface area contributed by atoms with Crippen molar-refractivity contribution in [2.75, 3.05) is 31.5 Å². The maximum Gasteiger partial charge on any atom is 0.401 e. The molecule has 21 heavy (non-hydrogen) atoms. The second kappa shape index (κ2) is 6.54. The van der Waals surface area contributed by atoms with Crippen LogP contribution in [0.5, 0.6) is 0 Å². The fourth-order valence-corrected chi connectivity index (χ4v) is 2.68. The SMILES string of the molecule is N#Cc1ccc(NCC2CCN(CC(F)(F)F)C2)cc1Cl. The third-order valence-electron chi connectivity index (χ3n) is 3.46. The minimum Gasteiger partial charge on any atom is -0.385 e. The first-order valence-corrected chi connectivity index (χ1v) is 6.98. The highest BCUT2D eigenvalue weighted by molar-refractivity contribution is 6.32. The van der Waals surface area contributed by atoms with Crippen molar-refractivity contribution < 1.29 is 13.2 Å². The molecule has 1 aliphatic heterocycles. The van der Waals surface area contributed by atoms with Gasteiger partial charge in [-0.2, -0.15) is 18.4 Å². The summed E-state index contributed by atoms with van der Waals surface area (Å²) in [5, 5.41) is 12.3. The Labute approximate surface area is 126 Å². The average molecular weight is 318 g/mol. The van der Waals surface area contributed by atoms with E-state index in [1.54, 1.807) is 18.2 Å². The maximum absolute atomic E-state index is 12.3. The second-order valence-electron chi connectivity index (χ2n) is 5.19. The van der Waals surface area contributed by atoms with Crippen LogP contribution in [0.25, 0.3) is 0 Å². The molecule has 0 aliphatic carbocycles. The van der Waals surface area contributed by atoms with Gasteiger partial charge in [0.1, 0.15) is 6.07 Å². The zero-order valence-corrected chi connectivity index (χ0v) is 12.0. The summed E-state index contributed by atoms with van der Waals surface area (Å²) < 4.78 is 36.9. The van der Waals surface area contributed by atoms with E-state index in [9.17, 15) is 13.2 Å². The summed E-state index contributed by atoms with van der Waals surface area (Å²) in [6, 6.07) is 6.99. The molecule has 2 rings (SSSR count). The van der Waals surface area contributed by atoms with E-state index in [4.69, 9.17) is 16.9 Å². The second-order valence-corrected chi connectivity index (χ2v) is 5.60. The van der Waals surface area contributed by atoms with E-state index in [2.05, 4.69) is 5.32 Å². The molecule has 1 aromatic carbocycles. The molecule has 114 valence electrons. The number of hydrogen-bond donors (Lipinski definition) is 1. The summed E-state index contributed by atoms with van der Waals surface area (Å²) in [5.74, 6) is 0.182. The van der Waals surface area contributed by atoms with Crippen LogP contribution in [0.15, 0.2) is 18.2 Å². The molecule has 0 amide bonds. The first-order chi connectivity index (χ1) is 9.87. The van der Waals surface area contributed by atoms with Gasteiger partial charge in [0.25, 0.3) is 0 Å². The Morgan fingerprint density at radius 1 is 1.43 bits per heavy atom. The van der Waals surface area contributed by atoms with Gasteiger partial charge in [-0.25, -0.2) is 0 Å². The molecule has 0 spiro atoms. The Morgan fingerprint density at radius 2 is 2.19 bits per heavy atom. The van der Waals surface area contributed by atoms with Gasteiger partial charge in [-0.05, 0) is 37.1 Å². The number of likely N-dealkylation sites (tertiary alicyclic amines) is 1. The van der Waals surface area contributed by atoms with Crippen molar-refractivity contribution in [1.82, 2.24) is 4.90 Å². The highest BCUT2D eigenvalue weighted by Gasteiger charge is 2.34. The van der Waals surface area contributed by atoms with E-state index in [1.807, 2.05) is 6.07 Å². The van der Waals surface area contributed by atoms with Crippen LogP contribution in [-0.4, -0.2) is 37.3 Å². The lowest BCUT2D eigenvalue weighted by molar-refractivity contribution is -0.143. The van der Waals surface area contributed by atoms with Crippen LogP contribution < -0.4 is 5.32 Å². The van der Waals surface area contributed by atoms with Crippen LogP contribution >= 0.6 is 11.6 Å². The fraction of sp³-hybridized carbons (Fsp3) is 0.500. The van der Waals surface area contributed by atoms with Crippen molar-refractivity contribution in [2.24, 2.45) is 5.92 Å². The highest BCUT2D eigenvalue weighted by atomic mass is 35.5. The largest absolute Gasteiger partial charge is 0.401 e. The highest BCUT2D eigenvalue weighted by Crippen LogP contribution is 2.24. The number of nitriles is 1. The molecular formula is C14H15ClF3N3. The van der Waals surface area contributed by atoms with Gasteiger partial charge in [0.15, 0.2) is 0 Å². The lowest BCUT2D eigenvalue weighted by Gasteiger charge is -2.18. The van der Waals surface area contributed by atoms with Gasteiger partial charge in [-0.3, -0.25) is 4.90 Å². The van der Waals surface area contributed by atoms with Gasteiger partial charge in [-0.1, -0.05) is 11.6 Å². The zero-order chi connectivity index (χ0) is 15.5. The molecule has 1 aliphatic rings. The van der Waals surface area contributed by atoms with E-state index in [-0.39, 0.29) is 5.92 Å². The van der Waals surface area contributed by atoms with E-state index in [1.165, 1.54) is 4.90 Å². The minimum absolute atomic E-state index is 0.182. The van der Waals surface area contributed by atoms with Gasteiger partial charge in [0, 0.05) is 18.8 Å². The van der Waals surface area contributed by atoms with Crippen molar-refractivity contribution in [2.45, 2.75) is 12.6 Å². The molecule has 0 radical (unpaired) electrons. The predicted molar refractivity (Wildman–Crippen MR) is 75.3 cm³/mol. The molecule has 7 heteroatoms. The number of halogens is 4. The molecule has 1 heterocycles. The summed E-state index contributed by atoms with van der Waals surface area (Å²) in [6.07, 6.45) is -3.39. The molecule has 1 fully saturated rings. The molecular weight excluding hydrogens is 303 g/mol. The number of anilines is 1. The summed E-state index contributed by atoms with van der Waals surface area (Å²) >= 11 is 5.92. The normalized spacial score (nSPS) is 19.5. The van der Waals surface area contributed by atoms with Crippen LogP contribution in [-0.2, 0) is 0 Å². The minimum atomic E-state index is -4.14. The number of benzene rings is 1. The van der Waals surface area contributed by atoms with E-state index < -0.39 is 12.7 Å². The molecule has 0 saturated carbocycles. The van der Waals surface area contributed by atoms with Crippen molar-refractivity contribution in [1.29, 1.82) is 5.26 Å². The summed E-state index contributed by atoms with van der Waals surface area (Å²) in [7, 11) is 0. The van der Waals surface area contributed by atoms with Gasteiger partial charge < -0.3 is 5.32 Å². The Bertz CT molecular complexity index is 539. The smallest absolute Gasteiger partial charge is 0.385 e. The summed E-state index contributed by atoms with van der Waals surface area (Å²) in [5.41, 5.74) is 1.17. The molecule has 1 N–H and O–H groups in total. The van der Waals surface area contributed by atoms with E-state index >= 15 is 0 Å². The van der Waals surface area contributed by atoms with Gasteiger partial charge in [0.05, 0.1) is 17.1 Å². The van der Waals surface area contributed by atoms with Crippen LogP contribution in [0.3, 0.4) is 0 Å². The Hall–Kier alpha value is -1.45. The Morgan fingerprint density at radius 3 is 2.81 bits per heavy atom. The van der Waals surface area contributed by atoms with Gasteiger partial charge in [0.2, 0.25) is 0 Å². The predicted octanol–water partition coefficient (Wildman–Crippen LogP) is 3.51. The van der Waals surface area contributed by atoms with Crippen molar-refractivity contribution in [3.63, 3.8) is 0 Å². The van der Waals surface area contributed by atoms with Crippen LogP contribution in [0.2, 0.25) is 5.02 Å². The average Bonchev–Trinajstić information content (AvgIpc) is 2.82. The third kappa shape index (κ3) is 4.80. The Kier molecular flexibility index (Phi) is 4.96. The topological polar surface area (TPSA) is 39.1 Å². The monoisotopic (exact) mass is 317 g/mol. The molecule has 1 unspecified atom stereocenters. The molecule has 1 saturated heterocycles. The van der Waals surface area contributed by atoms with Crippen LogP contribution in [0.1, 0.15) is 12.0 Å². The zero-order valence-electron chi connectivity index (χ0n) is 11.3. The number of nitrogens with zero attached hydrogens (tertiary/aromatic N) is 2.